The van der Waals surface area contributed by atoms with Gasteiger partial charge in [-0.2, -0.15) is 0 Å². The van der Waals surface area contributed by atoms with Crippen LogP contribution in [0.1, 0.15) is 19.8 Å². The highest BCUT2D eigenvalue weighted by molar-refractivity contribution is 7.95. The summed E-state index contributed by atoms with van der Waals surface area (Å²) in [7, 11) is -7.05. The molecule has 0 saturated carbocycles. The lowest BCUT2D eigenvalue weighted by atomic mass is 10.4. The SMILES string of the molecule is CCCCOC(=O)CS(=O)(=O)CCS(C)(=O)=O. The predicted octanol–water partition coefficient (Wildman–Crippen LogP) is -0.211. The quantitative estimate of drug-likeness (QED) is 0.452. The number of carbonyl (C=O) groups is 1. The van der Waals surface area contributed by atoms with E-state index in [4.69, 9.17) is 0 Å². The smallest absolute Gasteiger partial charge is 0.321 e. The van der Waals surface area contributed by atoms with E-state index in [1.807, 2.05) is 6.92 Å². The van der Waals surface area contributed by atoms with Gasteiger partial charge in [0.1, 0.15) is 15.6 Å². The Morgan fingerprint density at radius 3 is 2.18 bits per heavy atom. The largest absolute Gasteiger partial charge is 0.465 e. The molecule has 0 bridgehead atoms. The normalized spacial score (nSPS) is 12.4. The summed E-state index contributed by atoms with van der Waals surface area (Å²) in [6.45, 7) is 2.10. The Hall–Kier alpha value is -0.630. The maximum absolute atomic E-state index is 11.4. The zero-order valence-corrected chi connectivity index (χ0v) is 11.6. The zero-order chi connectivity index (χ0) is 13.5. The van der Waals surface area contributed by atoms with Gasteiger partial charge in [-0.05, 0) is 6.42 Å². The summed E-state index contributed by atoms with van der Waals surface area (Å²) >= 11 is 0. The van der Waals surface area contributed by atoms with Crippen LogP contribution in [0.15, 0.2) is 0 Å². The van der Waals surface area contributed by atoms with Gasteiger partial charge in [0.2, 0.25) is 0 Å². The Labute approximate surface area is 102 Å². The standard InChI is InChI=1S/C9H18O6S2/c1-3-4-5-15-9(10)8-17(13,14)7-6-16(2,11)12/h3-8H2,1-2H3. The van der Waals surface area contributed by atoms with Crippen molar-refractivity contribution in [2.45, 2.75) is 19.8 Å². The topological polar surface area (TPSA) is 94.6 Å². The van der Waals surface area contributed by atoms with Gasteiger partial charge in [-0.3, -0.25) is 4.79 Å². The summed E-state index contributed by atoms with van der Waals surface area (Å²) in [4.78, 5) is 11.1. The third-order valence-corrected chi connectivity index (χ3v) is 4.57. The van der Waals surface area contributed by atoms with Gasteiger partial charge >= 0.3 is 5.97 Å². The van der Waals surface area contributed by atoms with E-state index in [-0.39, 0.29) is 6.61 Å². The fourth-order valence-electron chi connectivity index (χ4n) is 0.902. The van der Waals surface area contributed by atoms with Crippen molar-refractivity contribution in [3.8, 4) is 0 Å². The Morgan fingerprint density at radius 1 is 1.12 bits per heavy atom. The second kappa shape index (κ2) is 6.95. The molecule has 0 unspecified atom stereocenters. The summed E-state index contributed by atoms with van der Waals surface area (Å²) in [6.07, 6.45) is 2.46. The third kappa shape index (κ3) is 10.3. The highest BCUT2D eigenvalue weighted by atomic mass is 32.2. The van der Waals surface area contributed by atoms with Crippen LogP contribution in [0.5, 0.6) is 0 Å². The van der Waals surface area contributed by atoms with Crippen molar-refractivity contribution in [2.75, 3.05) is 30.1 Å². The summed E-state index contributed by atoms with van der Waals surface area (Å²) in [5.74, 6) is -2.61. The lowest BCUT2D eigenvalue weighted by Gasteiger charge is -2.04. The summed E-state index contributed by atoms with van der Waals surface area (Å²) in [5.41, 5.74) is 0. The van der Waals surface area contributed by atoms with E-state index in [0.29, 0.717) is 6.42 Å². The van der Waals surface area contributed by atoms with Gasteiger partial charge in [-0.1, -0.05) is 13.3 Å². The van der Waals surface area contributed by atoms with Crippen LogP contribution in [0, 0.1) is 0 Å². The number of rotatable bonds is 8. The molecule has 6 nitrogen and oxygen atoms in total. The minimum absolute atomic E-state index is 0.191. The zero-order valence-electron chi connectivity index (χ0n) is 10.0. The van der Waals surface area contributed by atoms with E-state index >= 15 is 0 Å². The molecule has 0 saturated heterocycles. The first-order chi connectivity index (χ1) is 7.66. The Bertz CT molecular complexity index is 434. The molecular formula is C9H18O6S2. The van der Waals surface area contributed by atoms with Crippen LogP contribution in [0.3, 0.4) is 0 Å². The minimum Gasteiger partial charge on any atom is -0.465 e. The first-order valence-corrected chi connectivity index (χ1v) is 9.08. The van der Waals surface area contributed by atoms with Crippen LogP contribution in [-0.4, -0.2) is 52.9 Å². The maximum Gasteiger partial charge on any atom is 0.321 e. The number of carbonyl (C=O) groups excluding carboxylic acids is 1. The van der Waals surface area contributed by atoms with Crippen LogP contribution in [0.25, 0.3) is 0 Å². The molecule has 0 N–H and O–H groups in total. The van der Waals surface area contributed by atoms with Gasteiger partial charge in [-0.15, -0.1) is 0 Å². The van der Waals surface area contributed by atoms with Crippen LogP contribution < -0.4 is 0 Å². The highest BCUT2D eigenvalue weighted by Crippen LogP contribution is 1.97. The molecule has 0 amide bonds. The highest BCUT2D eigenvalue weighted by Gasteiger charge is 2.19. The van der Waals surface area contributed by atoms with Crippen LogP contribution in [-0.2, 0) is 29.2 Å². The molecular weight excluding hydrogens is 268 g/mol. The lowest BCUT2D eigenvalue weighted by Crippen LogP contribution is -2.24. The number of unbranched alkanes of at least 4 members (excludes halogenated alkanes) is 1. The van der Waals surface area contributed by atoms with Gasteiger partial charge in [0.15, 0.2) is 9.84 Å². The van der Waals surface area contributed by atoms with E-state index in [9.17, 15) is 21.6 Å². The number of hydrogen-bond donors (Lipinski definition) is 0. The molecule has 102 valence electrons. The summed E-state index contributed by atoms with van der Waals surface area (Å²) in [5, 5.41) is 0. The van der Waals surface area contributed by atoms with Crippen molar-refractivity contribution < 1.29 is 26.4 Å². The molecule has 0 spiro atoms. The number of esters is 1. The fourth-order valence-corrected chi connectivity index (χ4v) is 3.72. The van der Waals surface area contributed by atoms with Crippen molar-refractivity contribution in [3.05, 3.63) is 0 Å². The van der Waals surface area contributed by atoms with Gasteiger partial charge in [0.05, 0.1) is 18.1 Å². The molecule has 0 rings (SSSR count). The molecule has 0 aromatic rings. The van der Waals surface area contributed by atoms with E-state index in [1.54, 1.807) is 0 Å². The van der Waals surface area contributed by atoms with Crippen molar-refractivity contribution in [1.82, 2.24) is 0 Å². The van der Waals surface area contributed by atoms with Crippen molar-refractivity contribution in [3.63, 3.8) is 0 Å². The average molecular weight is 286 g/mol. The molecule has 0 aliphatic heterocycles. The second-order valence-corrected chi connectivity index (χ2v) is 8.24. The predicted molar refractivity (Wildman–Crippen MR) is 64.2 cm³/mol. The van der Waals surface area contributed by atoms with Crippen molar-refractivity contribution >= 4 is 25.6 Å². The number of sulfone groups is 2. The van der Waals surface area contributed by atoms with Crippen LogP contribution in [0.4, 0.5) is 0 Å². The van der Waals surface area contributed by atoms with Gasteiger partial charge in [0.25, 0.3) is 0 Å². The van der Waals surface area contributed by atoms with E-state index in [0.717, 1.165) is 12.7 Å². The van der Waals surface area contributed by atoms with Crippen LogP contribution >= 0.6 is 0 Å². The lowest BCUT2D eigenvalue weighted by molar-refractivity contribution is -0.140. The van der Waals surface area contributed by atoms with Crippen molar-refractivity contribution in [2.24, 2.45) is 0 Å². The molecule has 0 radical (unpaired) electrons. The molecule has 8 heteroatoms. The Kier molecular flexibility index (Phi) is 6.69. The third-order valence-electron chi connectivity index (χ3n) is 1.86. The molecule has 0 fully saturated rings. The first kappa shape index (κ1) is 16.4. The first-order valence-electron chi connectivity index (χ1n) is 5.20. The van der Waals surface area contributed by atoms with E-state index in [1.165, 1.54) is 0 Å². The molecule has 0 aromatic heterocycles. The Balaban J connectivity index is 4.13. The van der Waals surface area contributed by atoms with Crippen LogP contribution in [0.2, 0.25) is 0 Å². The maximum atomic E-state index is 11.4. The second-order valence-electron chi connectivity index (χ2n) is 3.80. The average Bonchev–Trinajstić information content (AvgIpc) is 2.14. The fraction of sp³-hybridized carbons (Fsp3) is 0.889. The van der Waals surface area contributed by atoms with Gasteiger partial charge in [-0.25, -0.2) is 16.8 Å². The summed E-state index contributed by atoms with van der Waals surface area (Å²) < 4.78 is 49.0. The summed E-state index contributed by atoms with van der Waals surface area (Å²) in [6, 6.07) is 0. The van der Waals surface area contributed by atoms with E-state index < -0.39 is 42.9 Å². The van der Waals surface area contributed by atoms with Gasteiger partial charge in [0, 0.05) is 6.26 Å². The minimum atomic E-state index is -3.70. The molecule has 0 aliphatic carbocycles. The molecule has 0 aromatic carbocycles. The number of hydrogen-bond acceptors (Lipinski definition) is 6. The monoisotopic (exact) mass is 286 g/mol. The Morgan fingerprint density at radius 2 is 1.71 bits per heavy atom. The van der Waals surface area contributed by atoms with Crippen molar-refractivity contribution in [1.29, 1.82) is 0 Å². The van der Waals surface area contributed by atoms with E-state index in [2.05, 4.69) is 4.74 Å². The van der Waals surface area contributed by atoms with Gasteiger partial charge < -0.3 is 4.74 Å². The number of ether oxygens (including phenoxy) is 1. The molecule has 0 atom stereocenters. The molecule has 0 aliphatic rings. The molecule has 0 heterocycles. The molecule has 17 heavy (non-hydrogen) atoms.